The Hall–Kier alpha value is -6.00. The predicted octanol–water partition coefficient (Wildman–Crippen LogP) is 10.7. The van der Waals surface area contributed by atoms with Crippen molar-refractivity contribution in [1.29, 1.82) is 0 Å². The van der Waals surface area contributed by atoms with Gasteiger partial charge in [-0.05, 0) is 60.2 Å². The molecular formula is C41H28N4. The van der Waals surface area contributed by atoms with Crippen LogP contribution in [-0.4, -0.2) is 14.5 Å². The number of hydrogen-bond donors (Lipinski definition) is 0. The molecule has 9 rings (SSSR count). The largest absolute Gasteiger partial charge is 0.309 e. The summed E-state index contributed by atoms with van der Waals surface area (Å²) in [6.07, 6.45) is 3.68. The van der Waals surface area contributed by atoms with Crippen molar-refractivity contribution in [1.82, 2.24) is 14.5 Å². The second-order valence-corrected chi connectivity index (χ2v) is 11.6. The van der Waals surface area contributed by atoms with Crippen molar-refractivity contribution in [3.05, 3.63) is 158 Å². The maximum absolute atomic E-state index is 4.68. The lowest BCUT2D eigenvalue weighted by Crippen LogP contribution is -2.11. The van der Waals surface area contributed by atoms with Gasteiger partial charge in [-0.1, -0.05) is 97.1 Å². The average molecular weight is 577 g/mol. The van der Waals surface area contributed by atoms with Crippen LogP contribution in [0, 0.1) is 6.92 Å². The Balaban J connectivity index is 1.36. The Morgan fingerprint density at radius 1 is 0.533 bits per heavy atom. The molecular weight excluding hydrogens is 548 g/mol. The van der Waals surface area contributed by atoms with Crippen LogP contribution in [0.5, 0.6) is 0 Å². The van der Waals surface area contributed by atoms with E-state index in [9.17, 15) is 0 Å². The molecule has 8 aromatic rings. The molecule has 0 unspecified atom stereocenters. The summed E-state index contributed by atoms with van der Waals surface area (Å²) < 4.78 is 2.45. The molecule has 0 saturated carbocycles. The van der Waals surface area contributed by atoms with Gasteiger partial charge < -0.3 is 9.47 Å². The first-order valence-electron chi connectivity index (χ1n) is 15.3. The second kappa shape index (κ2) is 10.0. The van der Waals surface area contributed by atoms with Crippen LogP contribution in [0.4, 0.5) is 17.1 Å². The Morgan fingerprint density at radius 2 is 1.27 bits per heavy atom. The summed E-state index contributed by atoms with van der Waals surface area (Å²) >= 11 is 0. The minimum atomic E-state index is 0.857. The molecule has 1 aliphatic heterocycles. The van der Waals surface area contributed by atoms with E-state index < -0.39 is 0 Å². The van der Waals surface area contributed by atoms with Crippen LogP contribution in [-0.2, 0) is 0 Å². The number of benzene rings is 6. The van der Waals surface area contributed by atoms with E-state index >= 15 is 0 Å². The highest BCUT2D eigenvalue weighted by Crippen LogP contribution is 2.54. The highest BCUT2D eigenvalue weighted by molar-refractivity contribution is 6.13. The van der Waals surface area contributed by atoms with E-state index in [0.717, 1.165) is 39.7 Å². The van der Waals surface area contributed by atoms with Crippen molar-refractivity contribution in [2.45, 2.75) is 6.92 Å². The topological polar surface area (TPSA) is 34.0 Å². The Kier molecular flexibility index (Phi) is 5.69. The number of rotatable bonds is 3. The minimum absolute atomic E-state index is 0.857. The van der Waals surface area contributed by atoms with Crippen LogP contribution in [0.15, 0.2) is 152 Å². The van der Waals surface area contributed by atoms with Gasteiger partial charge in [0.05, 0.1) is 40.2 Å². The molecule has 2 aromatic heterocycles. The van der Waals surface area contributed by atoms with Crippen LogP contribution in [0.2, 0.25) is 0 Å². The van der Waals surface area contributed by atoms with E-state index in [2.05, 4.69) is 159 Å². The lowest BCUT2D eigenvalue weighted by atomic mass is 9.98. The summed E-state index contributed by atoms with van der Waals surface area (Å²) in [6, 6.07) is 50.4. The fraction of sp³-hybridized carbons (Fsp3) is 0.0244. The number of hydrogen-bond acceptors (Lipinski definition) is 3. The second-order valence-electron chi connectivity index (χ2n) is 11.6. The van der Waals surface area contributed by atoms with Crippen LogP contribution in [0.3, 0.4) is 0 Å². The molecule has 45 heavy (non-hydrogen) atoms. The highest BCUT2D eigenvalue weighted by atomic mass is 15.2. The van der Waals surface area contributed by atoms with Gasteiger partial charge in [0, 0.05) is 45.2 Å². The smallest absolute Gasteiger partial charge is 0.0886 e. The van der Waals surface area contributed by atoms with Crippen LogP contribution >= 0.6 is 0 Å². The summed E-state index contributed by atoms with van der Waals surface area (Å²) in [5, 5.41) is 3.69. The Labute approximate surface area is 261 Å². The van der Waals surface area contributed by atoms with E-state index in [1.165, 1.54) is 44.1 Å². The van der Waals surface area contributed by atoms with Gasteiger partial charge in [0.1, 0.15) is 0 Å². The summed E-state index contributed by atoms with van der Waals surface area (Å²) in [7, 11) is 0. The van der Waals surface area contributed by atoms with Gasteiger partial charge in [0.15, 0.2) is 0 Å². The van der Waals surface area contributed by atoms with Gasteiger partial charge in [-0.25, -0.2) is 0 Å². The van der Waals surface area contributed by atoms with Crippen molar-refractivity contribution in [2.75, 3.05) is 4.90 Å². The molecule has 0 atom stereocenters. The molecule has 6 aromatic carbocycles. The molecule has 0 amide bonds. The van der Waals surface area contributed by atoms with E-state index in [-0.39, 0.29) is 0 Å². The van der Waals surface area contributed by atoms with Crippen molar-refractivity contribution < 1.29 is 0 Å². The molecule has 0 radical (unpaired) electrons. The third kappa shape index (κ3) is 4.00. The van der Waals surface area contributed by atoms with Crippen molar-refractivity contribution in [2.24, 2.45) is 0 Å². The maximum atomic E-state index is 4.68. The van der Waals surface area contributed by atoms with Crippen molar-refractivity contribution in [3.8, 4) is 39.3 Å². The summed E-state index contributed by atoms with van der Waals surface area (Å²) in [4.78, 5) is 11.6. The molecule has 4 heteroatoms. The fourth-order valence-electron chi connectivity index (χ4n) is 6.85. The first-order chi connectivity index (χ1) is 22.2. The van der Waals surface area contributed by atoms with E-state index in [4.69, 9.17) is 0 Å². The number of anilines is 3. The number of fused-ring (bicyclic) bond motifs is 8. The summed E-state index contributed by atoms with van der Waals surface area (Å²) in [6.45, 7) is 1.96. The lowest BCUT2D eigenvalue weighted by molar-refractivity contribution is 1.12. The van der Waals surface area contributed by atoms with Crippen molar-refractivity contribution in [3.63, 3.8) is 0 Å². The summed E-state index contributed by atoms with van der Waals surface area (Å²) in [5.74, 6) is 0. The van der Waals surface area contributed by atoms with E-state index in [0.29, 0.717) is 0 Å². The molecule has 3 heterocycles. The molecule has 1 aliphatic rings. The highest BCUT2D eigenvalue weighted by Gasteiger charge is 2.31. The maximum Gasteiger partial charge on any atom is 0.0886 e. The Bertz CT molecular complexity index is 2400. The molecule has 0 aliphatic carbocycles. The molecule has 0 fully saturated rings. The SMILES string of the molecule is Cc1cnc(-c2cccc(N3c4ccccc4-c4c(n(-c5ccc6ccccc6c5)c5ccccc45)-c4ccccc43)c2)cn1. The van der Waals surface area contributed by atoms with Gasteiger partial charge in [-0.15, -0.1) is 0 Å². The predicted molar refractivity (Wildman–Crippen MR) is 186 cm³/mol. The van der Waals surface area contributed by atoms with E-state index in [1.54, 1.807) is 0 Å². The zero-order valence-corrected chi connectivity index (χ0v) is 24.7. The molecule has 4 nitrogen and oxygen atoms in total. The van der Waals surface area contributed by atoms with Crippen LogP contribution < -0.4 is 4.90 Å². The number of nitrogens with zero attached hydrogens (tertiary/aromatic N) is 4. The van der Waals surface area contributed by atoms with Gasteiger partial charge in [-0.3, -0.25) is 9.97 Å². The fourth-order valence-corrected chi connectivity index (χ4v) is 6.85. The van der Waals surface area contributed by atoms with Crippen LogP contribution in [0.25, 0.3) is 61.0 Å². The standard InChI is InChI=1S/C41H28N4/c1-27-25-43-36(26-42-27)30-13-10-14-31(24-30)44-37-18-7-4-15-33(37)40-34-16-5-8-19-38(34)45(41(40)35-17-6-9-20-39(35)44)32-22-21-28-11-2-3-12-29(28)23-32/h2-26H,1H3. The monoisotopic (exact) mass is 576 g/mol. The zero-order valence-electron chi connectivity index (χ0n) is 24.7. The number of para-hydroxylation sites is 3. The molecule has 0 N–H and O–H groups in total. The first-order valence-corrected chi connectivity index (χ1v) is 15.3. The average Bonchev–Trinajstić information content (AvgIpc) is 3.38. The Morgan fingerprint density at radius 3 is 2.11 bits per heavy atom. The summed E-state index contributed by atoms with van der Waals surface area (Å²) in [5.41, 5.74) is 13.3. The quantitative estimate of drug-likeness (QED) is 0.210. The first kappa shape index (κ1) is 25.5. The third-order valence-electron chi connectivity index (χ3n) is 8.86. The van der Waals surface area contributed by atoms with Gasteiger partial charge in [0.25, 0.3) is 0 Å². The molecule has 0 bridgehead atoms. The number of aryl methyl sites for hydroxylation is 1. The van der Waals surface area contributed by atoms with Gasteiger partial charge >= 0.3 is 0 Å². The van der Waals surface area contributed by atoms with Crippen molar-refractivity contribution >= 4 is 38.7 Å². The molecule has 212 valence electrons. The third-order valence-corrected chi connectivity index (χ3v) is 8.86. The zero-order chi connectivity index (χ0) is 29.9. The van der Waals surface area contributed by atoms with Crippen LogP contribution in [0.1, 0.15) is 5.69 Å². The van der Waals surface area contributed by atoms with E-state index in [1.807, 2.05) is 19.3 Å². The minimum Gasteiger partial charge on any atom is -0.309 e. The molecule has 0 spiro atoms. The number of aromatic nitrogens is 3. The van der Waals surface area contributed by atoms with Gasteiger partial charge in [0.2, 0.25) is 0 Å². The van der Waals surface area contributed by atoms with Gasteiger partial charge in [-0.2, -0.15) is 0 Å². The molecule has 0 saturated heterocycles. The lowest BCUT2D eigenvalue weighted by Gasteiger charge is -2.28. The normalized spacial score (nSPS) is 12.1.